The van der Waals surface area contributed by atoms with Gasteiger partial charge in [0.05, 0.1) is 11.7 Å². The quantitative estimate of drug-likeness (QED) is 0.762. The molecule has 2 nitrogen and oxygen atoms in total. The van der Waals surface area contributed by atoms with Crippen molar-refractivity contribution in [1.29, 1.82) is 0 Å². The Morgan fingerprint density at radius 3 is 2.62 bits per heavy atom. The van der Waals surface area contributed by atoms with Crippen molar-refractivity contribution in [3.05, 3.63) is 77.1 Å². The van der Waals surface area contributed by atoms with E-state index < -0.39 is 0 Å². The van der Waals surface area contributed by atoms with Gasteiger partial charge in [-0.2, -0.15) is 0 Å². The highest BCUT2D eigenvalue weighted by Crippen LogP contribution is 2.31. The van der Waals surface area contributed by atoms with Gasteiger partial charge in [-0.15, -0.1) is 0 Å². The summed E-state index contributed by atoms with van der Waals surface area (Å²) in [6, 6.07) is 18.3. The normalized spacial score (nSPS) is 12.5. The highest BCUT2D eigenvalue weighted by Gasteiger charge is 2.19. The zero-order chi connectivity index (χ0) is 14.7. The maximum Gasteiger partial charge on any atom is 0.0772 e. The lowest BCUT2D eigenvalue weighted by Crippen LogP contribution is -2.23. The first-order valence-corrected chi connectivity index (χ1v) is 7.50. The van der Waals surface area contributed by atoms with Gasteiger partial charge in [0.1, 0.15) is 0 Å². The van der Waals surface area contributed by atoms with Gasteiger partial charge in [-0.3, -0.25) is 4.98 Å². The number of aromatic nitrogens is 1. The molecule has 0 amide bonds. The lowest BCUT2D eigenvalue weighted by Gasteiger charge is -2.20. The first kappa shape index (κ1) is 14.1. The van der Waals surface area contributed by atoms with Crippen LogP contribution in [0.3, 0.4) is 0 Å². The summed E-state index contributed by atoms with van der Waals surface area (Å²) in [6.45, 7) is 2.94. The molecule has 0 fully saturated rings. The highest BCUT2D eigenvalue weighted by atomic mass is 35.5. The smallest absolute Gasteiger partial charge is 0.0772 e. The van der Waals surface area contributed by atoms with Crippen molar-refractivity contribution in [3.8, 4) is 0 Å². The van der Waals surface area contributed by atoms with Crippen molar-refractivity contribution < 1.29 is 0 Å². The van der Waals surface area contributed by atoms with Crippen LogP contribution in [-0.4, -0.2) is 11.5 Å². The number of halogens is 1. The van der Waals surface area contributed by atoms with E-state index in [1.807, 2.05) is 42.6 Å². The van der Waals surface area contributed by atoms with Gasteiger partial charge in [-0.05, 0) is 29.6 Å². The Kier molecular flexibility index (Phi) is 4.18. The molecule has 0 spiro atoms. The second kappa shape index (κ2) is 6.25. The SMILES string of the molecule is CCNC(c1ccccc1Cl)c1nccc2ccccc12. The summed E-state index contributed by atoms with van der Waals surface area (Å²) in [5, 5.41) is 6.61. The molecule has 2 aromatic carbocycles. The fourth-order valence-electron chi connectivity index (χ4n) is 2.64. The van der Waals surface area contributed by atoms with E-state index in [0.717, 1.165) is 28.2 Å². The van der Waals surface area contributed by atoms with E-state index in [2.05, 4.69) is 35.4 Å². The number of pyridine rings is 1. The monoisotopic (exact) mass is 296 g/mol. The standard InChI is InChI=1S/C18H17ClN2/c1-2-20-18(15-9-5-6-10-16(15)19)17-14-8-4-3-7-13(14)11-12-21-17/h3-12,18,20H,2H2,1H3. The first-order chi connectivity index (χ1) is 10.3. The maximum atomic E-state index is 6.39. The van der Waals surface area contributed by atoms with Crippen LogP contribution in [0.25, 0.3) is 10.8 Å². The molecule has 1 unspecified atom stereocenters. The van der Waals surface area contributed by atoms with Gasteiger partial charge < -0.3 is 5.32 Å². The Morgan fingerprint density at radius 2 is 1.81 bits per heavy atom. The van der Waals surface area contributed by atoms with Crippen molar-refractivity contribution in [2.24, 2.45) is 0 Å². The third-order valence-electron chi connectivity index (χ3n) is 3.60. The molecule has 1 atom stereocenters. The van der Waals surface area contributed by atoms with E-state index in [0.29, 0.717) is 0 Å². The van der Waals surface area contributed by atoms with Crippen LogP contribution < -0.4 is 5.32 Å². The zero-order valence-electron chi connectivity index (χ0n) is 11.9. The predicted octanol–water partition coefficient (Wildman–Crippen LogP) is 4.59. The number of hydrogen-bond acceptors (Lipinski definition) is 2. The van der Waals surface area contributed by atoms with Crippen LogP contribution >= 0.6 is 11.6 Å². The van der Waals surface area contributed by atoms with Gasteiger partial charge >= 0.3 is 0 Å². The van der Waals surface area contributed by atoms with Crippen molar-refractivity contribution in [1.82, 2.24) is 10.3 Å². The number of rotatable bonds is 4. The minimum atomic E-state index is -0.00481. The largest absolute Gasteiger partial charge is 0.305 e. The van der Waals surface area contributed by atoms with Crippen LogP contribution in [-0.2, 0) is 0 Å². The number of hydrogen-bond donors (Lipinski definition) is 1. The summed E-state index contributed by atoms with van der Waals surface area (Å²) in [5.41, 5.74) is 2.08. The molecule has 3 aromatic rings. The Morgan fingerprint density at radius 1 is 1.05 bits per heavy atom. The van der Waals surface area contributed by atoms with Gasteiger partial charge in [-0.1, -0.05) is 61.0 Å². The second-order valence-electron chi connectivity index (χ2n) is 4.93. The Bertz CT molecular complexity index is 750. The average Bonchev–Trinajstić information content (AvgIpc) is 2.53. The number of benzene rings is 2. The third-order valence-corrected chi connectivity index (χ3v) is 3.95. The van der Waals surface area contributed by atoms with Crippen LogP contribution in [0.4, 0.5) is 0 Å². The molecule has 0 saturated heterocycles. The van der Waals surface area contributed by atoms with Crippen molar-refractivity contribution in [2.45, 2.75) is 13.0 Å². The fraction of sp³-hybridized carbons (Fsp3) is 0.167. The molecule has 0 aliphatic carbocycles. The van der Waals surface area contributed by atoms with Gasteiger partial charge in [0.15, 0.2) is 0 Å². The molecule has 1 aromatic heterocycles. The lowest BCUT2D eigenvalue weighted by molar-refractivity contribution is 0.620. The second-order valence-corrected chi connectivity index (χ2v) is 5.34. The molecular weight excluding hydrogens is 280 g/mol. The van der Waals surface area contributed by atoms with E-state index in [9.17, 15) is 0 Å². The van der Waals surface area contributed by atoms with Crippen molar-refractivity contribution >= 4 is 22.4 Å². The van der Waals surface area contributed by atoms with Crippen LogP contribution in [0.15, 0.2) is 60.8 Å². The molecule has 0 bridgehead atoms. The molecule has 3 rings (SSSR count). The lowest BCUT2D eigenvalue weighted by atomic mass is 9.98. The van der Waals surface area contributed by atoms with Crippen LogP contribution in [0.5, 0.6) is 0 Å². The topological polar surface area (TPSA) is 24.9 Å². The van der Waals surface area contributed by atoms with E-state index >= 15 is 0 Å². The molecule has 0 aliphatic heterocycles. The fourth-order valence-corrected chi connectivity index (χ4v) is 2.89. The summed E-state index contributed by atoms with van der Waals surface area (Å²) < 4.78 is 0. The van der Waals surface area contributed by atoms with Crippen molar-refractivity contribution in [2.75, 3.05) is 6.54 Å². The summed E-state index contributed by atoms with van der Waals surface area (Å²) in [4.78, 5) is 4.62. The van der Waals surface area contributed by atoms with Gasteiger partial charge in [0.2, 0.25) is 0 Å². The highest BCUT2D eigenvalue weighted by molar-refractivity contribution is 6.31. The Hall–Kier alpha value is -1.90. The summed E-state index contributed by atoms with van der Waals surface area (Å²) in [7, 11) is 0. The third kappa shape index (κ3) is 2.78. The molecule has 0 radical (unpaired) electrons. The van der Waals surface area contributed by atoms with Crippen LogP contribution in [0.1, 0.15) is 24.2 Å². The molecule has 1 N–H and O–H groups in total. The Labute approximate surface area is 129 Å². The van der Waals surface area contributed by atoms with Crippen molar-refractivity contribution in [3.63, 3.8) is 0 Å². The Balaban J connectivity index is 2.19. The first-order valence-electron chi connectivity index (χ1n) is 7.12. The average molecular weight is 297 g/mol. The summed E-state index contributed by atoms with van der Waals surface area (Å²) in [6.07, 6.45) is 1.86. The molecule has 21 heavy (non-hydrogen) atoms. The van der Waals surface area contributed by atoms with Gasteiger partial charge in [-0.25, -0.2) is 0 Å². The van der Waals surface area contributed by atoms with E-state index in [1.165, 1.54) is 5.39 Å². The predicted molar refractivity (Wildman–Crippen MR) is 88.7 cm³/mol. The van der Waals surface area contributed by atoms with E-state index in [4.69, 9.17) is 11.6 Å². The zero-order valence-corrected chi connectivity index (χ0v) is 12.6. The molecule has 3 heteroatoms. The number of fused-ring (bicyclic) bond motifs is 1. The summed E-state index contributed by atoms with van der Waals surface area (Å²) in [5.74, 6) is 0. The van der Waals surface area contributed by atoms with E-state index in [-0.39, 0.29) is 6.04 Å². The molecule has 0 saturated carbocycles. The minimum absolute atomic E-state index is 0.00481. The van der Waals surface area contributed by atoms with Gasteiger partial charge in [0, 0.05) is 16.6 Å². The number of nitrogens with one attached hydrogen (secondary N) is 1. The van der Waals surface area contributed by atoms with Gasteiger partial charge in [0.25, 0.3) is 0 Å². The maximum absolute atomic E-state index is 6.39. The molecule has 0 aliphatic rings. The summed E-state index contributed by atoms with van der Waals surface area (Å²) >= 11 is 6.39. The number of nitrogens with zero attached hydrogens (tertiary/aromatic N) is 1. The van der Waals surface area contributed by atoms with Crippen LogP contribution in [0.2, 0.25) is 5.02 Å². The minimum Gasteiger partial charge on any atom is -0.305 e. The van der Waals surface area contributed by atoms with E-state index in [1.54, 1.807) is 0 Å². The molecule has 1 heterocycles. The molecular formula is C18H17ClN2. The molecule has 106 valence electrons. The van der Waals surface area contributed by atoms with Crippen LogP contribution in [0, 0.1) is 0 Å².